The van der Waals surface area contributed by atoms with E-state index >= 15 is 0 Å². The molecule has 1 N–H and O–H groups in total. The van der Waals surface area contributed by atoms with Crippen LogP contribution in [0, 0.1) is 0 Å². The van der Waals surface area contributed by atoms with Crippen molar-refractivity contribution in [3.63, 3.8) is 0 Å². The molecule has 2 aromatic heterocycles. The monoisotopic (exact) mass is 305 g/mol. The number of hydrogen-bond donors (Lipinski definition) is 1. The largest absolute Gasteiger partial charge is 0.389 e. The van der Waals surface area contributed by atoms with Crippen molar-refractivity contribution < 1.29 is 14.6 Å². The number of rotatable bonds is 2. The minimum Gasteiger partial charge on any atom is -0.389 e. The lowest BCUT2D eigenvalue weighted by molar-refractivity contribution is 0.0533. The summed E-state index contributed by atoms with van der Waals surface area (Å²) in [6.45, 7) is 1.44. The molecule has 6 nitrogen and oxygen atoms in total. The molecule has 0 bridgehead atoms. The zero-order valence-corrected chi connectivity index (χ0v) is 12.1. The number of thiazole rings is 1. The van der Waals surface area contributed by atoms with Crippen molar-refractivity contribution in [2.24, 2.45) is 0 Å². The summed E-state index contributed by atoms with van der Waals surface area (Å²) < 4.78 is 5.23. The third-order valence-electron chi connectivity index (χ3n) is 3.17. The predicted octanol–water partition coefficient (Wildman–Crippen LogP) is 1.04. The number of aromatic nitrogens is 2. The number of aliphatic hydroxyl groups is 1. The van der Waals surface area contributed by atoms with Crippen LogP contribution in [0.3, 0.4) is 0 Å². The lowest BCUT2D eigenvalue weighted by Crippen LogP contribution is -2.37. The second kappa shape index (κ2) is 6.30. The van der Waals surface area contributed by atoms with Crippen LogP contribution in [0.2, 0.25) is 0 Å². The number of amides is 1. The second-order valence-corrected chi connectivity index (χ2v) is 5.62. The maximum atomic E-state index is 12.4. The van der Waals surface area contributed by atoms with Crippen molar-refractivity contribution in [2.75, 3.05) is 26.3 Å². The Morgan fingerprint density at radius 2 is 2.43 bits per heavy atom. The number of β-amino-alcohol motifs (C(OH)–C–C–N with tert-alkyl or cyclic N) is 1. The van der Waals surface area contributed by atoms with E-state index in [4.69, 9.17) is 4.74 Å². The molecule has 0 unspecified atom stereocenters. The average molecular weight is 305 g/mol. The highest BCUT2D eigenvalue weighted by molar-refractivity contribution is 7.13. The first-order valence-corrected chi connectivity index (χ1v) is 7.53. The van der Waals surface area contributed by atoms with E-state index in [0.717, 1.165) is 10.6 Å². The Balaban J connectivity index is 1.78. The van der Waals surface area contributed by atoms with Gasteiger partial charge in [-0.25, -0.2) is 4.98 Å². The fourth-order valence-electron chi connectivity index (χ4n) is 2.13. The molecule has 2 aromatic rings. The first kappa shape index (κ1) is 14.1. The van der Waals surface area contributed by atoms with Gasteiger partial charge in [-0.2, -0.15) is 0 Å². The molecule has 110 valence electrons. The lowest BCUT2D eigenvalue weighted by Gasteiger charge is -2.20. The van der Waals surface area contributed by atoms with E-state index in [2.05, 4.69) is 9.97 Å². The van der Waals surface area contributed by atoms with Gasteiger partial charge in [0.2, 0.25) is 0 Å². The van der Waals surface area contributed by atoms with Gasteiger partial charge in [0.25, 0.3) is 5.91 Å². The molecule has 0 aromatic carbocycles. The molecule has 1 saturated heterocycles. The van der Waals surface area contributed by atoms with E-state index in [-0.39, 0.29) is 19.1 Å². The number of carbonyl (C=O) groups is 1. The topological polar surface area (TPSA) is 75.6 Å². The van der Waals surface area contributed by atoms with Crippen molar-refractivity contribution in [3.05, 3.63) is 35.6 Å². The third kappa shape index (κ3) is 3.26. The Morgan fingerprint density at radius 3 is 3.24 bits per heavy atom. The van der Waals surface area contributed by atoms with Crippen molar-refractivity contribution in [1.29, 1.82) is 0 Å². The average Bonchev–Trinajstić information content (AvgIpc) is 2.90. The smallest absolute Gasteiger partial charge is 0.273 e. The number of nitrogens with zero attached hydrogens (tertiary/aromatic N) is 3. The Morgan fingerprint density at radius 1 is 1.52 bits per heavy atom. The standard InChI is InChI=1S/C14H15N3O3S/c18-11-7-17(4-5-20-8-11)14(19)12-9-21-13(16-12)10-2-1-3-15-6-10/h1-3,6,9,11,18H,4-5,7-8H2/t11-/m1/s1. The van der Waals surface area contributed by atoms with Crippen LogP contribution in [0.4, 0.5) is 0 Å². The molecule has 0 spiro atoms. The predicted molar refractivity (Wildman–Crippen MR) is 78.1 cm³/mol. The van der Waals surface area contributed by atoms with Crippen LogP contribution in [0.1, 0.15) is 10.5 Å². The van der Waals surface area contributed by atoms with E-state index in [9.17, 15) is 9.90 Å². The number of hydrogen-bond acceptors (Lipinski definition) is 6. The van der Waals surface area contributed by atoms with E-state index in [0.29, 0.717) is 18.8 Å². The summed E-state index contributed by atoms with van der Waals surface area (Å²) in [4.78, 5) is 22.4. The SMILES string of the molecule is O=C(c1csc(-c2cccnc2)n1)N1CCOC[C@H](O)C1. The first-order valence-electron chi connectivity index (χ1n) is 6.65. The maximum Gasteiger partial charge on any atom is 0.273 e. The van der Waals surface area contributed by atoms with Gasteiger partial charge in [-0.3, -0.25) is 9.78 Å². The van der Waals surface area contributed by atoms with E-state index < -0.39 is 6.10 Å². The van der Waals surface area contributed by atoms with Gasteiger partial charge in [-0.1, -0.05) is 0 Å². The molecule has 1 amide bonds. The molecule has 3 rings (SSSR count). The Kier molecular flexibility index (Phi) is 4.23. The van der Waals surface area contributed by atoms with Crippen LogP contribution in [0.15, 0.2) is 29.9 Å². The fourth-order valence-corrected chi connectivity index (χ4v) is 2.92. The molecule has 1 aliphatic heterocycles. The van der Waals surface area contributed by atoms with Gasteiger partial charge in [0.1, 0.15) is 10.7 Å². The van der Waals surface area contributed by atoms with Crippen LogP contribution in [-0.2, 0) is 4.74 Å². The summed E-state index contributed by atoms with van der Waals surface area (Å²) in [5, 5.41) is 12.2. The molecule has 1 fully saturated rings. The summed E-state index contributed by atoms with van der Waals surface area (Å²) >= 11 is 1.41. The molecule has 3 heterocycles. The highest BCUT2D eigenvalue weighted by Crippen LogP contribution is 2.23. The summed E-state index contributed by atoms with van der Waals surface area (Å²) in [7, 11) is 0. The van der Waals surface area contributed by atoms with Gasteiger partial charge in [0, 0.05) is 36.4 Å². The van der Waals surface area contributed by atoms with Crippen molar-refractivity contribution in [3.8, 4) is 10.6 Å². The van der Waals surface area contributed by atoms with Crippen molar-refractivity contribution in [1.82, 2.24) is 14.9 Å². The first-order chi connectivity index (χ1) is 10.2. The molecule has 1 atom stereocenters. The summed E-state index contributed by atoms with van der Waals surface area (Å²) in [6.07, 6.45) is 2.77. The van der Waals surface area contributed by atoms with Gasteiger partial charge in [0.05, 0.1) is 19.3 Å². The molecule has 0 saturated carbocycles. The summed E-state index contributed by atoms with van der Waals surface area (Å²) in [5.74, 6) is -0.175. The minimum atomic E-state index is -0.645. The lowest BCUT2D eigenvalue weighted by atomic mass is 10.3. The highest BCUT2D eigenvalue weighted by atomic mass is 32.1. The third-order valence-corrected chi connectivity index (χ3v) is 4.06. The van der Waals surface area contributed by atoms with Crippen LogP contribution >= 0.6 is 11.3 Å². The Bertz CT molecular complexity index is 617. The maximum absolute atomic E-state index is 12.4. The fraction of sp³-hybridized carbons (Fsp3) is 0.357. The number of aliphatic hydroxyl groups excluding tert-OH is 1. The Hall–Kier alpha value is -1.83. The van der Waals surface area contributed by atoms with E-state index in [1.807, 2.05) is 12.1 Å². The quantitative estimate of drug-likeness (QED) is 0.897. The normalized spacial score (nSPS) is 19.3. The number of carbonyl (C=O) groups excluding carboxylic acids is 1. The molecule has 1 aliphatic rings. The second-order valence-electron chi connectivity index (χ2n) is 4.76. The minimum absolute atomic E-state index is 0.175. The summed E-state index contributed by atoms with van der Waals surface area (Å²) in [6, 6.07) is 3.74. The van der Waals surface area contributed by atoms with Crippen LogP contribution < -0.4 is 0 Å². The van der Waals surface area contributed by atoms with Crippen LogP contribution in [0.25, 0.3) is 10.6 Å². The van der Waals surface area contributed by atoms with Gasteiger partial charge < -0.3 is 14.7 Å². The molecule has 0 aliphatic carbocycles. The zero-order valence-electron chi connectivity index (χ0n) is 11.3. The van der Waals surface area contributed by atoms with E-state index in [1.165, 1.54) is 11.3 Å². The molecule has 7 heteroatoms. The summed E-state index contributed by atoms with van der Waals surface area (Å²) in [5.41, 5.74) is 1.29. The zero-order chi connectivity index (χ0) is 14.7. The number of pyridine rings is 1. The number of ether oxygens (including phenoxy) is 1. The highest BCUT2D eigenvalue weighted by Gasteiger charge is 2.23. The molecule has 21 heavy (non-hydrogen) atoms. The van der Waals surface area contributed by atoms with Crippen LogP contribution in [0.5, 0.6) is 0 Å². The van der Waals surface area contributed by atoms with Crippen molar-refractivity contribution in [2.45, 2.75) is 6.10 Å². The molecular weight excluding hydrogens is 290 g/mol. The van der Waals surface area contributed by atoms with E-state index in [1.54, 1.807) is 22.7 Å². The Labute approximate surface area is 126 Å². The molecule has 0 radical (unpaired) electrons. The van der Waals surface area contributed by atoms with Gasteiger partial charge in [0.15, 0.2) is 0 Å². The van der Waals surface area contributed by atoms with Crippen LogP contribution in [-0.4, -0.2) is 58.3 Å². The van der Waals surface area contributed by atoms with Crippen molar-refractivity contribution >= 4 is 17.2 Å². The molecular formula is C14H15N3O3S. The van der Waals surface area contributed by atoms with Gasteiger partial charge in [-0.15, -0.1) is 11.3 Å². The van der Waals surface area contributed by atoms with Gasteiger partial charge in [-0.05, 0) is 12.1 Å². The van der Waals surface area contributed by atoms with Gasteiger partial charge >= 0.3 is 0 Å².